The van der Waals surface area contributed by atoms with Gasteiger partial charge >= 0.3 is 0 Å². The second-order valence-corrected chi connectivity index (χ2v) is 3.61. The van der Waals surface area contributed by atoms with Crippen LogP contribution in [0.1, 0.15) is 13.3 Å². The average molecular weight is 187 g/mol. The van der Waals surface area contributed by atoms with Crippen LogP contribution in [0.3, 0.4) is 0 Å². The van der Waals surface area contributed by atoms with Crippen LogP contribution in [-0.2, 0) is 4.79 Å². The first-order valence-corrected chi connectivity index (χ1v) is 5.22. The van der Waals surface area contributed by atoms with E-state index in [1.165, 1.54) is 0 Å². The number of hydrazine groups is 1. The Morgan fingerprint density at radius 1 is 1.58 bits per heavy atom. The van der Waals surface area contributed by atoms with E-state index < -0.39 is 0 Å². The molecule has 1 aliphatic rings. The standard InChI is InChI=1S/C7H13N3OS/c1-5-8-6(3-4-12-2)7(11)10-9-5/h6H,3-4H2,1-2H3,(H,8,9)(H,10,11). The lowest BCUT2D eigenvalue weighted by Gasteiger charge is -2.19. The van der Waals surface area contributed by atoms with E-state index in [0.29, 0.717) is 0 Å². The van der Waals surface area contributed by atoms with Crippen LogP contribution < -0.4 is 10.9 Å². The minimum Gasteiger partial charge on any atom is -0.286 e. The number of rotatable bonds is 3. The highest BCUT2D eigenvalue weighted by molar-refractivity contribution is 7.98. The molecule has 1 aliphatic heterocycles. The van der Waals surface area contributed by atoms with Crippen molar-refractivity contribution in [3.05, 3.63) is 0 Å². The van der Waals surface area contributed by atoms with E-state index in [4.69, 9.17) is 0 Å². The number of hydrogen-bond acceptors (Lipinski definition) is 4. The first-order chi connectivity index (χ1) is 5.74. The normalized spacial score (nSPS) is 22.7. The Hall–Kier alpha value is -0.710. The molecule has 0 saturated heterocycles. The van der Waals surface area contributed by atoms with Gasteiger partial charge in [0.05, 0.1) is 0 Å². The summed E-state index contributed by atoms with van der Waals surface area (Å²) in [6, 6.07) is -0.196. The van der Waals surface area contributed by atoms with Gasteiger partial charge in [-0.1, -0.05) is 0 Å². The van der Waals surface area contributed by atoms with E-state index in [9.17, 15) is 4.79 Å². The van der Waals surface area contributed by atoms with Crippen molar-refractivity contribution in [2.45, 2.75) is 19.4 Å². The average Bonchev–Trinajstić information content (AvgIpc) is 2.07. The molecule has 0 radical (unpaired) electrons. The van der Waals surface area contributed by atoms with Crippen LogP contribution in [0.5, 0.6) is 0 Å². The zero-order valence-corrected chi connectivity index (χ0v) is 8.07. The van der Waals surface area contributed by atoms with Gasteiger partial charge in [-0.2, -0.15) is 11.8 Å². The zero-order valence-electron chi connectivity index (χ0n) is 7.26. The van der Waals surface area contributed by atoms with Crippen LogP contribution in [0.25, 0.3) is 0 Å². The highest BCUT2D eigenvalue weighted by Gasteiger charge is 2.20. The SMILES string of the molecule is CSCCC1N=C(C)NNC1=O. The molecule has 0 fully saturated rings. The monoisotopic (exact) mass is 187 g/mol. The number of thioether (sulfide) groups is 1. The lowest BCUT2D eigenvalue weighted by Crippen LogP contribution is -2.50. The van der Waals surface area contributed by atoms with Gasteiger partial charge in [0.25, 0.3) is 5.91 Å². The number of nitrogens with zero attached hydrogens (tertiary/aromatic N) is 1. The minimum atomic E-state index is -0.196. The lowest BCUT2D eigenvalue weighted by atomic mass is 10.2. The van der Waals surface area contributed by atoms with Crippen molar-refractivity contribution < 1.29 is 4.79 Å². The second kappa shape index (κ2) is 4.35. The van der Waals surface area contributed by atoms with Crippen molar-refractivity contribution in [2.24, 2.45) is 4.99 Å². The number of nitrogens with one attached hydrogen (secondary N) is 2. The van der Waals surface area contributed by atoms with E-state index in [1.54, 1.807) is 11.8 Å². The number of carbonyl (C=O) groups is 1. The van der Waals surface area contributed by atoms with Crippen LogP contribution >= 0.6 is 11.8 Å². The van der Waals surface area contributed by atoms with E-state index in [1.807, 2.05) is 13.2 Å². The minimum absolute atomic E-state index is 0.0327. The molecular formula is C7H13N3OS. The van der Waals surface area contributed by atoms with Crippen molar-refractivity contribution in [3.63, 3.8) is 0 Å². The maximum Gasteiger partial charge on any atom is 0.263 e. The van der Waals surface area contributed by atoms with Crippen LogP contribution in [0.15, 0.2) is 4.99 Å². The third-order valence-corrected chi connectivity index (χ3v) is 2.26. The molecule has 1 heterocycles. The quantitative estimate of drug-likeness (QED) is 0.662. The van der Waals surface area contributed by atoms with Crippen LogP contribution in [0.2, 0.25) is 0 Å². The largest absolute Gasteiger partial charge is 0.286 e. The maximum absolute atomic E-state index is 11.2. The predicted molar refractivity (Wildman–Crippen MR) is 51.2 cm³/mol. The summed E-state index contributed by atoms with van der Waals surface area (Å²) >= 11 is 1.73. The molecule has 0 aliphatic carbocycles. The van der Waals surface area contributed by atoms with Crippen LogP contribution in [0, 0.1) is 0 Å². The number of amides is 1. The van der Waals surface area contributed by atoms with E-state index in [-0.39, 0.29) is 11.9 Å². The Balaban J connectivity index is 2.48. The van der Waals surface area contributed by atoms with Gasteiger partial charge in [0, 0.05) is 0 Å². The first kappa shape index (κ1) is 9.38. The molecule has 1 atom stereocenters. The molecular weight excluding hydrogens is 174 g/mol. The topological polar surface area (TPSA) is 53.5 Å². The Labute approximate surface area is 76.2 Å². The number of carbonyl (C=O) groups excluding carboxylic acids is 1. The molecule has 0 saturated carbocycles. The van der Waals surface area contributed by atoms with Gasteiger partial charge < -0.3 is 0 Å². The van der Waals surface area contributed by atoms with Crippen LogP contribution in [-0.4, -0.2) is 29.8 Å². The zero-order chi connectivity index (χ0) is 8.97. The summed E-state index contributed by atoms with van der Waals surface area (Å²) in [7, 11) is 0. The van der Waals surface area contributed by atoms with Crippen molar-refractivity contribution in [3.8, 4) is 0 Å². The van der Waals surface area contributed by atoms with Gasteiger partial charge in [-0.3, -0.25) is 20.6 Å². The Morgan fingerprint density at radius 2 is 2.33 bits per heavy atom. The summed E-state index contributed by atoms with van der Waals surface area (Å²) in [4.78, 5) is 15.3. The fourth-order valence-electron chi connectivity index (χ4n) is 0.985. The molecule has 12 heavy (non-hydrogen) atoms. The highest BCUT2D eigenvalue weighted by atomic mass is 32.2. The van der Waals surface area contributed by atoms with E-state index in [0.717, 1.165) is 18.0 Å². The summed E-state index contributed by atoms with van der Waals surface area (Å²) in [6.45, 7) is 1.84. The van der Waals surface area contributed by atoms with E-state index in [2.05, 4.69) is 15.8 Å². The fraction of sp³-hybridized carbons (Fsp3) is 0.714. The summed E-state index contributed by atoms with van der Waals surface area (Å²) < 4.78 is 0. The highest BCUT2D eigenvalue weighted by Crippen LogP contribution is 2.06. The van der Waals surface area contributed by atoms with Gasteiger partial charge in [0.1, 0.15) is 11.9 Å². The molecule has 0 aromatic heterocycles. The molecule has 0 bridgehead atoms. The maximum atomic E-state index is 11.2. The number of hydrogen-bond donors (Lipinski definition) is 2. The fourth-order valence-corrected chi connectivity index (χ4v) is 1.44. The van der Waals surface area contributed by atoms with Crippen molar-refractivity contribution in [1.82, 2.24) is 10.9 Å². The molecule has 0 aromatic rings. The van der Waals surface area contributed by atoms with Crippen molar-refractivity contribution >= 4 is 23.5 Å². The van der Waals surface area contributed by atoms with Gasteiger partial charge in [0.2, 0.25) is 0 Å². The molecule has 68 valence electrons. The summed E-state index contributed by atoms with van der Waals surface area (Å²) in [5, 5.41) is 0. The molecule has 5 heteroatoms. The number of amidine groups is 1. The molecule has 4 nitrogen and oxygen atoms in total. The number of aliphatic imine (C=N–C) groups is 1. The third kappa shape index (κ3) is 2.41. The van der Waals surface area contributed by atoms with Gasteiger partial charge in [-0.05, 0) is 25.4 Å². The van der Waals surface area contributed by atoms with Crippen LogP contribution in [0.4, 0.5) is 0 Å². The Kier molecular flexibility index (Phi) is 3.40. The molecule has 0 aromatic carbocycles. The smallest absolute Gasteiger partial charge is 0.263 e. The molecule has 2 N–H and O–H groups in total. The van der Waals surface area contributed by atoms with E-state index >= 15 is 0 Å². The third-order valence-electron chi connectivity index (χ3n) is 1.61. The first-order valence-electron chi connectivity index (χ1n) is 3.83. The molecule has 1 amide bonds. The summed E-state index contributed by atoms with van der Waals surface area (Å²) in [5.41, 5.74) is 5.24. The van der Waals surface area contributed by atoms with Gasteiger partial charge in [-0.15, -0.1) is 0 Å². The van der Waals surface area contributed by atoms with Gasteiger partial charge in [0.15, 0.2) is 0 Å². The van der Waals surface area contributed by atoms with Crippen molar-refractivity contribution in [1.29, 1.82) is 0 Å². The molecule has 0 spiro atoms. The second-order valence-electron chi connectivity index (χ2n) is 2.63. The molecule has 1 rings (SSSR count). The summed E-state index contributed by atoms with van der Waals surface area (Å²) in [5.74, 6) is 1.71. The Morgan fingerprint density at radius 3 is 3.00 bits per heavy atom. The Bertz CT molecular complexity index is 205. The molecule has 1 unspecified atom stereocenters. The van der Waals surface area contributed by atoms with Crippen molar-refractivity contribution in [2.75, 3.05) is 12.0 Å². The van der Waals surface area contributed by atoms with Gasteiger partial charge in [-0.25, -0.2) is 0 Å². The predicted octanol–water partition coefficient (Wildman–Crippen LogP) is 0.161. The lowest BCUT2D eigenvalue weighted by molar-refractivity contribution is -0.123. The summed E-state index contributed by atoms with van der Waals surface area (Å²) in [6.07, 6.45) is 2.83.